The van der Waals surface area contributed by atoms with Crippen molar-refractivity contribution in [1.82, 2.24) is 0 Å². The standard InChI is InChI=1S/C12H10O2/c13-10-4-5-11-12-8(6-7-14-11)2-1-3-9(10)12/h1-3,5H,4,6-7H2. The molecule has 1 aliphatic heterocycles. The second-order valence-electron chi connectivity index (χ2n) is 3.63. The van der Waals surface area contributed by atoms with Crippen LogP contribution in [0.3, 0.4) is 0 Å². The predicted octanol–water partition coefficient (Wildman–Crippen LogP) is 2.19. The minimum absolute atomic E-state index is 0.205. The van der Waals surface area contributed by atoms with Gasteiger partial charge in [0.15, 0.2) is 5.78 Å². The van der Waals surface area contributed by atoms with Gasteiger partial charge < -0.3 is 4.74 Å². The van der Waals surface area contributed by atoms with Crippen LogP contribution in [-0.4, -0.2) is 12.4 Å². The van der Waals surface area contributed by atoms with Crippen LogP contribution in [0.25, 0.3) is 5.76 Å². The number of ether oxygens (including phenoxy) is 1. The van der Waals surface area contributed by atoms with Gasteiger partial charge in [0, 0.05) is 24.0 Å². The van der Waals surface area contributed by atoms with E-state index in [0.717, 1.165) is 29.9 Å². The third kappa shape index (κ3) is 0.939. The average molecular weight is 186 g/mol. The van der Waals surface area contributed by atoms with Gasteiger partial charge in [0.25, 0.3) is 0 Å². The Morgan fingerprint density at radius 3 is 3.14 bits per heavy atom. The maximum Gasteiger partial charge on any atom is 0.167 e. The summed E-state index contributed by atoms with van der Waals surface area (Å²) in [4.78, 5) is 11.6. The lowest BCUT2D eigenvalue weighted by atomic mass is 9.88. The topological polar surface area (TPSA) is 26.3 Å². The highest BCUT2D eigenvalue weighted by Crippen LogP contribution is 2.33. The van der Waals surface area contributed by atoms with Crippen LogP contribution in [0.2, 0.25) is 0 Å². The van der Waals surface area contributed by atoms with Gasteiger partial charge in [-0.25, -0.2) is 0 Å². The fraction of sp³-hybridized carbons (Fsp3) is 0.250. The highest BCUT2D eigenvalue weighted by molar-refractivity contribution is 6.04. The highest BCUT2D eigenvalue weighted by atomic mass is 16.5. The van der Waals surface area contributed by atoms with E-state index in [4.69, 9.17) is 4.74 Å². The Kier molecular flexibility index (Phi) is 1.51. The van der Waals surface area contributed by atoms with Crippen molar-refractivity contribution in [1.29, 1.82) is 0 Å². The summed E-state index contributed by atoms with van der Waals surface area (Å²) in [5.74, 6) is 1.11. The molecule has 0 bridgehead atoms. The summed E-state index contributed by atoms with van der Waals surface area (Å²) < 4.78 is 5.54. The maximum absolute atomic E-state index is 11.6. The van der Waals surface area contributed by atoms with Crippen molar-refractivity contribution < 1.29 is 9.53 Å². The Labute approximate surface area is 82.2 Å². The molecule has 0 unspecified atom stereocenters. The third-order valence-electron chi connectivity index (χ3n) is 2.80. The van der Waals surface area contributed by atoms with Gasteiger partial charge in [-0.2, -0.15) is 0 Å². The Bertz CT molecular complexity index is 444. The maximum atomic E-state index is 11.6. The molecule has 2 aliphatic rings. The molecule has 0 atom stereocenters. The van der Waals surface area contributed by atoms with Crippen molar-refractivity contribution in [3.05, 3.63) is 41.0 Å². The van der Waals surface area contributed by atoms with Gasteiger partial charge in [-0.3, -0.25) is 4.79 Å². The second-order valence-corrected chi connectivity index (χ2v) is 3.63. The molecule has 70 valence electrons. The number of benzene rings is 1. The SMILES string of the molecule is O=C1CC=C2OCCc3cccc1c32. The fourth-order valence-electron chi connectivity index (χ4n) is 2.13. The Morgan fingerprint density at radius 2 is 2.21 bits per heavy atom. The lowest BCUT2D eigenvalue weighted by Gasteiger charge is -2.25. The Hall–Kier alpha value is -1.57. The number of allylic oxidation sites excluding steroid dienone is 1. The first-order valence-corrected chi connectivity index (χ1v) is 4.84. The van der Waals surface area contributed by atoms with Crippen molar-refractivity contribution in [3.8, 4) is 0 Å². The van der Waals surface area contributed by atoms with Gasteiger partial charge in [-0.1, -0.05) is 18.2 Å². The zero-order valence-electron chi connectivity index (χ0n) is 7.75. The molecule has 1 aromatic rings. The molecule has 0 N–H and O–H groups in total. The summed E-state index contributed by atoms with van der Waals surface area (Å²) in [6, 6.07) is 5.93. The van der Waals surface area contributed by atoms with E-state index in [9.17, 15) is 4.79 Å². The summed E-state index contributed by atoms with van der Waals surface area (Å²) in [6.45, 7) is 0.733. The molecule has 0 saturated carbocycles. The number of hydrogen-bond acceptors (Lipinski definition) is 2. The smallest absolute Gasteiger partial charge is 0.167 e. The molecule has 14 heavy (non-hydrogen) atoms. The molecule has 0 amide bonds. The van der Waals surface area contributed by atoms with Crippen LogP contribution >= 0.6 is 0 Å². The summed E-state index contributed by atoms with van der Waals surface area (Å²) in [5, 5.41) is 0. The molecule has 2 heteroatoms. The van der Waals surface area contributed by atoms with Gasteiger partial charge in [-0.05, 0) is 11.6 Å². The van der Waals surface area contributed by atoms with Gasteiger partial charge in [0.1, 0.15) is 5.76 Å². The molecule has 1 aliphatic carbocycles. The van der Waals surface area contributed by atoms with Crippen molar-refractivity contribution in [2.45, 2.75) is 12.8 Å². The van der Waals surface area contributed by atoms with Gasteiger partial charge in [0.05, 0.1) is 6.61 Å². The molecule has 1 aromatic carbocycles. The number of ketones is 1. The first-order chi connectivity index (χ1) is 6.86. The van der Waals surface area contributed by atoms with Crippen LogP contribution in [-0.2, 0) is 11.2 Å². The zero-order valence-corrected chi connectivity index (χ0v) is 7.75. The van der Waals surface area contributed by atoms with Gasteiger partial charge in [0.2, 0.25) is 0 Å². The van der Waals surface area contributed by atoms with E-state index in [-0.39, 0.29) is 5.78 Å². The normalized spacial score (nSPS) is 18.3. The van der Waals surface area contributed by atoms with E-state index >= 15 is 0 Å². The summed E-state index contributed by atoms with van der Waals surface area (Å²) in [6.07, 6.45) is 3.28. The van der Waals surface area contributed by atoms with Crippen molar-refractivity contribution in [2.24, 2.45) is 0 Å². The van der Waals surface area contributed by atoms with E-state index < -0.39 is 0 Å². The zero-order chi connectivity index (χ0) is 9.54. The number of rotatable bonds is 0. The third-order valence-corrected chi connectivity index (χ3v) is 2.80. The van der Waals surface area contributed by atoms with Gasteiger partial charge in [-0.15, -0.1) is 0 Å². The van der Waals surface area contributed by atoms with E-state index in [1.54, 1.807) is 0 Å². The van der Waals surface area contributed by atoms with Crippen LogP contribution in [0.4, 0.5) is 0 Å². The van der Waals surface area contributed by atoms with Crippen LogP contribution in [0.5, 0.6) is 0 Å². The molecule has 2 nitrogen and oxygen atoms in total. The molecule has 3 rings (SSSR count). The minimum atomic E-state index is 0.205. The minimum Gasteiger partial charge on any atom is -0.493 e. The van der Waals surface area contributed by atoms with Crippen molar-refractivity contribution in [2.75, 3.05) is 6.61 Å². The van der Waals surface area contributed by atoms with E-state index in [0.29, 0.717) is 6.42 Å². The molecule has 0 radical (unpaired) electrons. The molecule has 0 aromatic heterocycles. The van der Waals surface area contributed by atoms with Crippen LogP contribution in [0.15, 0.2) is 24.3 Å². The van der Waals surface area contributed by atoms with E-state index in [2.05, 4.69) is 6.07 Å². The first kappa shape index (κ1) is 7.80. The van der Waals surface area contributed by atoms with Crippen molar-refractivity contribution in [3.63, 3.8) is 0 Å². The van der Waals surface area contributed by atoms with E-state index in [1.165, 1.54) is 5.56 Å². The Balaban J connectivity index is 2.32. The molecule has 1 heterocycles. The van der Waals surface area contributed by atoms with Crippen LogP contribution in [0.1, 0.15) is 27.9 Å². The average Bonchev–Trinajstić information content (AvgIpc) is 2.24. The highest BCUT2D eigenvalue weighted by Gasteiger charge is 2.25. The number of hydrogen-bond donors (Lipinski definition) is 0. The number of carbonyl (C=O) groups excluding carboxylic acids is 1. The van der Waals surface area contributed by atoms with Crippen LogP contribution in [0, 0.1) is 0 Å². The second kappa shape index (κ2) is 2.71. The Morgan fingerprint density at radius 1 is 1.29 bits per heavy atom. The predicted molar refractivity (Wildman–Crippen MR) is 53.0 cm³/mol. The lowest BCUT2D eigenvalue weighted by Crippen LogP contribution is -2.17. The summed E-state index contributed by atoms with van der Waals surface area (Å²) in [7, 11) is 0. The number of carbonyl (C=O) groups is 1. The fourth-order valence-corrected chi connectivity index (χ4v) is 2.13. The molecule has 0 saturated heterocycles. The number of Topliss-reactive ketones (excluding diaryl/α,β-unsaturated/α-hetero) is 1. The molecule has 0 spiro atoms. The summed E-state index contributed by atoms with van der Waals surface area (Å²) >= 11 is 0. The lowest BCUT2D eigenvalue weighted by molar-refractivity contribution is 0.0990. The summed E-state index contributed by atoms with van der Waals surface area (Å²) in [5.41, 5.74) is 3.11. The molecular formula is C12H10O2. The largest absolute Gasteiger partial charge is 0.493 e. The quantitative estimate of drug-likeness (QED) is 0.620. The first-order valence-electron chi connectivity index (χ1n) is 4.84. The molecule has 0 fully saturated rings. The van der Waals surface area contributed by atoms with Gasteiger partial charge >= 0.3 is 0 Å². The molecular weight excluding hydrogens is 176 g/mol. The van der Waals surface area contributed by atoms with Crippen molar-refractivity contribution >= 4 is 11.5 Å². The van der Waals surface area contributed by atoms with E-state index in [1.807, 2.05) is 18.2 Å². The monoisotopic (exact) mass is 186 g/mol. The van der Waals surface area contributed by atoms with Crippen LogP contribution < -0.4 is 0 Å².